The summed E-state index contributed by atoms with van der Waals surface area (Å²) in [5.41, 5.74) is 2.31. The highest BCUT2D eigenvalue weighted by molar-refractivity contribution is 6.03. The van der Waals surface area contributed by atoms with Gasteiger partial charge in [-0.1, -0.05) is 5.16 Å². The molecule has 142 valence electrons. The molecule has 0 aliphatic carbocycles. The van der Waals surface area contributed by atoms with Gasteiger partial charge in [0.25, 0.3) is 5.91 Å². The van der Waals surface area contributed by atoms with E-state index in [1.807, 2.05) is 17.8 Å². The van der Waals surface area contributed by atoms with Gasteiger partial charge in [-0.3, -0.25) is 14.2 Å². The quantitative estimate of drug-likeness (QED) is 0.555. The summed E-state index contributed by atoms with van der Waals surface area (Å²) in [6, 6.07) is 7.25. The summed E-state index contributed by atoms with van der Waals surface area (Å²) in [6.07, 6.45) is 7.02. The minimum Gasteiger partial charge on any atom is -0.355 e. The number of amides is 1. The zero-order valence-corrected chi connectivity index (χ0v) is 15.0. The number of rotatable bonds is 6. The normalized spacial score (nSPS) is 10.9. The molecular weight excluding hydrogens is 363 g/mol. The van der Waals surface area contributed by atoms with Crippen molar-refractivity contribution in [2.24, 2.45) is 0 Å². The van der Waals surface area contributed by atoms with Gasteiger partial charge in [0.05, 0.1) is 24.6 Å². The predicted octanol–water partition coefficient (Wildman–Crippen LogP) is 3.19. The SMILES string of the molecule is CCn1cc(Cn2cc(NC(=O)c3cc(-c4ccc(F)cc4)on3)cn2)cn1. The molecule has 1 N–H and O–H groups in total. The monoisotopic (exact) mass is 380 g/mol. The number of carbonyl (C=O) groups excluding carboxylic acids is 1. The van der Waals surface area contributed by atoms with Crippen LogP contribution in [0.3, 0.4) is 0 Å². The third-order valence-corrected chi connectivity index (χ3v) is 4.12. The molecule has 8 nitrogen and oxygen atoms in total. The largest absolute Gasteiger partial charge is 0.355 e. The van der Waals surface area contributed by atoms with Gasteiger partial charge >= 0.3 is 0 Å². The molecule has 0 bridgehead atoms. The number of hydrogen-bond donors (Lipinski definition) is 1. The Bertz CT molecular complexity index is 1100. The van der Waals surface area contributed by atoms with Gasteiger partial charge < -0.3 is 9.84 Å². The molecule has 1 aromatic carbocycles. The molecule has 0 saturated heterocycles. The van der Waals surface area contributed by atoms with Crippen LogP contribution in [0.25, 0.3) is 11.3 Å². The molecule has 0 aliphatic rings. The van der Waals surface area contributed by atoms with Crippen LogP contribution in [0.5, 0.6) is 0 Å². The van der Waals surface area contributed by atoms with Crippen molar-refractivity contribution in [3.8, 4) is 11.3 Å². The summed E-state index contributed by atoms with van der Waals surface area (Å²) in [5.74, 6) is -0.385. The van der Waals surface area contributed by atoms with Gasteiger partial charge in [0.2, 0.25) is 0 Å². The van der Waals surface area contributed by atoms with Crippen LogP contribution in [-0.2, 0) is 13.1 Å². The van der Waals surface area contributed by atoms with Crippen LogP contribution in [0.4, 0.5) is 10.1 Å². The Labute approximate surface area is 159 Å². The second-order valence-corrected chi connectivity index (χ2v) is 6.17. The Hall–Kier alpha value is -3.75. The molecular formula is C19H17FN6O2. The summed E-state index contributed by atoms with van der Waals surface area (Å²) in [5, 5.41) is 15.0. The van der Waals surface area contributed by atoms with E-state index in [4.69, 9.17) is 4.52 Å². The smallest absolute Gasteiger partial charge is 0.277 e. The second-order valence-electron chi connectivity index (χ2n) is 6.17. The first-order chi connectivity index (χ1) is 13.6. The summed E-state index contributed by atoms with van der Waals surface area (Å²) in [6.45, 7) is 3.37. The third kappa shape index (κ3) is 3.83. The second kappa shape index (κ2) is 7.47. The van der Waals surface area contributed by atoms with E-state index in [0.717, 1.165) is 12.1 Å². The van der Waals surface area contributed by atoms with Crippen molar-refractivity contribution in [1.29, 1.82) is 0 Å². The van der Waals surface area contributed by atoms with E-state index in [-0.39, 0.29) is 11.5 Å². The van der Waals surface area contributed by atoms with Crippen LogP contribution < -0.4 is 5.32 Å². The van der Waals surface area contributed by atoms with Gasteiger partial charge in [-0.15, -0.1) is 0 Å². The van der Waals surface area contributed by atoms with Crippen molar-refractivity contribution < 1.29 is 13.7 Å². The number of aryl methyl sites for hydroxylation is 1. The number of nitrogens with zero attached hydrogens (tertiary/aromatic N) is 5. The van der Waals surface area contributed by atoms with Crippen molar-refractivity contribution in [2.75, 3.05) is 5.32 Å². The topological polar surface area (TPSA) is 90.8 Å². The van der Waals surface area contributed by atoms with E-state index < -0.39 is 5.91 Å². The molecule has 4 rings (SSSR count). The minimum absolute atomic E-state index is 0.122. The van der Waals surface area contributed by atoms with E-state index in [1.54, 1.807) is 35.4 Å². The standard InChI is InChI=1S/C19H17FN6O2/c1-2-25-10-13(8-21-25)11-26-12-16(9-22-26)23-19(27)17-7-18(28-24-17)14-3-5-15(20)6-4-14/h3-10,12H,2,11H2,1H3,(H,23,27). The lowest BCUT2D eigenvalue weighted by Gasteiger charge is -1.99. The lowest BCUT2D eigenvalue weighted by Crippen LogP contribution is -2.11. The maximum Gasteiger partial charge on any atom is 0.277 e. The van der Waals surface area contributed by atoms with E-state index in [0.29, 0.717) is 23.6 Å². The van der Waals surface area contributed by atoms with Gasteiger partial charge in [0.15, 0.2) is 11.5 Å². The molecule has 9 heteroatoms. The number of hydrogen-bond acceptors (Lipinski definition) is 5. The number of anilines is 1. The van der Waals surface area contributed by atoms with Gasteiger partial charge in [0.1, 0.15) is 5.82 Å². The molecule has 0 saturated carbocycles. The highest BCUT2D eigenvalue weighted by Crippen LogP contribution is 2.21. The van der Waals surface area contributed by atoms with Crippen molar-refractivity contribution in [1.82, 2.24) is 24.7 Å². The van der Waals surface area contributed by atoms with Crippen molar-refractivity contribution in [3.05, 3.63) is 72.2 Å². The molecule has 3 heterocycles. The highest BCUT2D eigenvalue weighted by Gasteiger charge is 2.15. The minimum atomic E-state index is -0.421. The molecule has 0 fully saturated rings. The third-order valence-electron chi connectivity index (χ3n) is 4.12. The van der Waals surface area contributed by atoms with Gasteiger partial charge in [-0.2, -0.15) is 10.2 Å². The molecule has 28 heavy (non-hydrogen) atoms. The average Bonchev–Trinajstić information content (AvgIpc) is 3.43. The highest BCUT2D eigenvalue weighted by atomic mass is 19.1. The molecule has 3 aromatic heterocycles. The first-order valence-electron chi connectivity index (χ1n) is 8.68. The number of aromatic nitrogens is 5. The number of nitrogens with one attached hydrogen (secondary N) is 1. The Morgan fingerprint density at radius 1 is 1.14 bits per heavy atom. The van der Waals surface area contributed by atoms with E-state index in [1.165, 1.54) is 18.2 Å². The number of halogens is 1. The number of benzene rings is 1. The molecule has 0 radical (unpaired) electrons. The summed E-state index contributed by atoms with van der Waals surface area (Å²) >= 11 is 0. The maximum atomic E-state index is 13.0. The van der Waals surface area contributed by atoms with E-state index in [2.05, 4.69) is 20.7 Å². The molecule has 4 aromatic rings. The molecule has 0 atom stereocenters. The van der Waals surface area contributed by atoms with Crippen LogP contribution in [0.15, 0.2) is 59.6 Å². The fourth-order valence-electron chi connectivity index (χ4n) is 2.69. The first kappa shape index (κ1) is 17.7. The lowest BCUT2D eigenvalue weighted by molar-refractivity contribution is 0.101. The van der Waals surface area contributed by atoms with Crippen molar-refractivity contribution in [3.63, 3.8) is 0 Å². The van der Waals surface area contributed by atoms with Crippen molar-refractivity contribution >= 4 is 11.6 Å². The van der Waals surface area contributed by atoms with E-state index in [9.17, 15) is 9.18 Å². The lowest BCUT2D eigenvalue weighted by atomic mass is 10.1. The van der Waals surface area contributed by atoms with Gasteiger partial charge in [-0.25, -0.2) is 4.39 Å². The van der Waals surface area contributed by atoms with Crippen LogP contribution >= 0.6 is 0 Å². The predicted molar refractivity (Wildman–Crippen MR) is 99.1 cm³/mol. The molecule has 0 spiro atoms. The van der Waals surface area contributed by atoms with E-state index >= 15 is 0 Å². The number of carbonyl (C=O) groups is 1. The van der Waals surface area contributed by atoms with Crippen LogP contribution in [0, 0.1) is 5.82 Å². The summed E-state index contributed by atoms with van der Waals surface area (Å²) in [7, 11) is 0. The molecule has 0 unspecified atom stereocenters. The van der Waals surface area contributed by atoms with Crippen LogP contribution in [-0.4, -0.2) is 30.6 Å². The Kier molecular flexibility index (Phi) is 4.71. The fourth-order valence-corrected chi connectivity index (χ4v) is 2.69. The fraction of sp³-hybridized carbons (Fsp3) is 0.158. The van der Waals surface area contributed by atoms with Crippen LogP contribution in [0.1, 0.15) is 23.0 Å². The van der Waals surface area contributed by atoms with Gasteiger partial charge in [-0.05, 0) is 31.2 Å². The first-order valence-corrected chi connectivity index (χ1v) is 8.68. The Morgan fingerprint density at radius 3 is 2.68 bits per heavy atom. The average molecular weight is 380 g/mol. The maximum absolute atomic E-state index is 13.0. The van der Waals surface area contributed by atoms with Crippen LogP contribution in [0.2, 0.25) is 0 Å². The summed E-state index contributed by atoms with van der Waals surface area (Å²) in [4.78, 5) is 12.4. The molecule has 1 amide bonds. The molecule has 0 aliphatic heterocycles. The summed E-state index contributed by atoms with van der Waals surface area (Å²) < 4.78 is 21.7. The zero-order valence-electron chi connectivity index (χ0n) is 15.0. The zero-order chi connectivity index (χ0) is 19.5. The Balaban J connectivity index is 1.41. The van der Waals surface area contributed by atoms with Gasteiger partial charge in [0, 0.05) is 36.1 Å². The van der Waals surface area contributed by atoms with Crippen molar-refractivity contribution in [2.45, 2.75) is 20.0 Å². The Morgan fingerprint density at radius 2 is 1.93 bits per heavy atom.